The Morgan fingerprint density at radius 3 is 2.70 bits per heavy atom. The van der Waals surface area contributed by atoms with Crippen molar-refractivity contribution >= 4 is 33.1 Å². The third kappa shape index (κ3) is 4.82. The summed E-state index contributed by atoms with van der Waals surface area (Å²) in [7, 11) is 0. The molecule has 3 N–H and O–H groups in total. The molecule has 158 valence electrons. The number of thiophene rings is 1. The molecule has 3 aromatic rings. The molecule has 5 nitrogen and oxygen atoms in total. The number of aryl methyl sites for hydroxylation is 1. The highest BCUT2D eigenvalue weighted by molar-refractivity contribution is 7.21. The summed E-state index contributed by atoms with van der Waals surface area (Å²) in [5.41, 5.74) is 9.27. The van der Waals surface area contributed by atoms with E-state index in [1.165, 1.54) is 16.9 Å². The molecule has 4 rings (SSSR count). The molecule has 0 bridgehead atoms. The number of pyridine rings is 1. The largest absolute Gasteiger partial charge is 0.397 e. The van der Waals surface area contributed by atoms with Crippen LogP contribution >= 0.6 is 11.3 Å². The van der Waals surface area contributed by atoms with E-state index < -0.39 is 0 Å². The number of fused-ring (bicyclic) bond motifs is 1. The molecule has 0 unspecified atom stereocenters. The highest BCUT2D eigenvalue weighted by atomic mass is 32.1. The number of aromatic nitrogens is 1. The van der Waals surface area contributed by atoms with Crippen LogP contribution in [-0.4, -0.2) is 34.9 Å². The number of unbranched alkanes of at least 4 members (excludes halogenated alkanes) is 1. The molecular formula is C24H30N4OS. The van der Waals surface area contributed by atoms with Gasteiger partial charge in [-0.1, -0.05) is 43.7 Å². The molecule has 1 aliphatic rings. The van der Waals surface area contributed by atoms with Gasteiger partial charge < -0.3 is 11.1 Å². The summed E-state index contributed by atoms with van der Waals surface area (Å²) >= 11 is 1.41. The van der Waals surface area contributed by atoms with Gasteiger partial charge in [-0.05, 0) is 43.4 Å². The number of rotatable bonds is 7. The van der Waals surface area contributed by atoms with Crippen molar-refractivity contribution < 1.29 is 4.79 Å². The predicted octanol–water partition coefficient (Wildman–Crippen LogP) is 4.62. The molecule has 0 atom stereocenters. The number of nitrogens with one attached hydrogen (secondary N) is 1. The number of hydrogen-bond acceptors (Lipinski definition) is 5. The van der Waals surface area contributed by atoms with Crippen LogP contribution in [-0.2, 0) is 13.0 Å². The third-order valence-electron chi connectivity index (χ3n) is 5.82. The van der Waals surface area contributed by atoms with Crippen molar-refractivity contribution in [2.45, 2.75) is 51.6 Å². The second-order valence-electron chi connectivity index (χ2n) is 8.11. The van der Waals surface area contributed by atoms with Gasteiger partial charge in [0.2, 0.25) is 0 Å². The zero-order chi connectivity index (χ0) is 20.9. The second kappa shape index (κ2) is 9.58. The third-order valence-corrected chi connectivity index (χ3v) is 6.93. The first-order valence-electron chi connectivity index (χ1n) is 10.9. The first-order chi connectivity index (χ1) is 14.6. The van der Waals surface area contributed by atoms with Crippen molar-refractivity contribution in [2.24, 2.45) is 0 Å². The number of likely N-dealkylation sites (tertiary alicyclic amines) is 1. The zero-order valence-electron chi connectivity index (χ0n) is 17.6. The number of benzene rings is 1. The fraction of sp³-hybridized carbons (Fsp3) is 0.417. The van der Waals surface area contributed by atoms with Gasteiger partial charge in [0, 0.05) is 36.8 Å². The second-order valence-corrected chi connectivity index (χ2v) is 9.11. The molecule has 1 fully saturated rings. The van der Waals surface area contributed by atoms with Gasteiger partial charge in [-0.15, -0.1) is 11.3 Å². The van der Waals surface area contributed by atoms with Gasteiger partial charge in [0.05, 0.1) is 5.69 Å². The molecular weight excluding hydrogens is 392 g/mol. The van der Waals surface area contributed by atoms with Gasteiger partial charge in [-0.2, -0.15) is 0 Å². The number of nitrogens with two attached hydrogens (primary N) is 1. The zero-order valence-corrected chi connectivity index (χ0v) is 18.4. The van der Waals surface area contributed by atoms with Crippen LogP contribution in [0.4, 0.5) is 5.69 Å². The summed E-state index contributed by atoms with van der Waals surface area (Å²) in [6.07, 6.45) is 5.15. The lowest BCUT2D eigenvalue weighted by Crippen LogP contribution is -2.44. The number of nitrogens with zero attached hydrogens (tertiary/aromatic N) is 2. The average molecular weight is 423 g/mol. The average Bonchev–Trinajstić information content (AvgIpc) is 3.10. The Bertz CT molecular complexity index is 993. The minimum Gasteiger partial charge on any atom is -0.397 e. The SMILES string of the molecule is CCCCc1ccc2c(N)c(C(=O)NC3CCN(Cc4ccccc4)CC3)sc2n1. The maximum atomic E-state index is 12.9. The van der Waals surface area contributed by atoms with Crippen molar-refractivity contribution in [2.75, 3.05) is 18.8 Å². The Kier molecular flexibility index (Phi) is 6.65. The van der Waals surface area contributed by atoms with Gasteiger partial charge in [-0.3, -0.25) is 9.69 Å². The van der Waals surface area contributed by atoms with E-state index in [2.05, 4.69) is 41.4 Å². The highest BCUT2D eigenvalue weighted by Crippen LogP contribution is 2.33. The quantitative estimate of drug-likeness (QED) is 0.583. The summed E-state index contributed by atoms with van der Waals surface area (Å²) < 4.78 is 0. The smallest absolute Gasteiger partial charge is 0.263 e. The van der Waals surface area contributed by atoms with E-state index in [4.69, 9.17) is 10.7 Å². The molecule has 0 radical (unpaired) electrons. The van der Waals surface area contributed by atoms with Crippen LogP contribution < -0.4 is 11.1 Å². The lowest BCUT2D eigenvalue weighted by molar-refractivity contribution is 0.0914. The first-order valence-corrected chi connectivity index (χ1v) is 11.7. The van der Waals surface area contributed by atoms with Crippen LogP contribution in [0.25, 0.3) is 10.2 Å². The Morgan fingerprint density at radius 1 is 1.20 bits per heavy atom. The van der Waals surface area contributed by atoms with Gasteiger partial charge in [-0.25, -0.2) is 4.98 Å². The Labute approximate surface area is 182 Å². The van der Waals surface area contributed by atoms with Crippen LogP contribution in [0, 0.1) is 0 Å². The fourth-order valence-electron chi connectivity index (χ4n) is 4.03. The maximum absolute atomic E-state index is 12.9. The Hall–Kier alpha value is -2.44. The van der Waals surface area contributed by atoms with Crippen molar-refractivity contribution in [3.8, 4) is 0 Å². The van der Waals surface area contributed by atoms with Crippen LogP contribution in [0.5, 0.6) is 0 Å². The van der Waals surface area contributed by atoms with Gasteiger partial charge >= 0.3 is 0 Å². The Morgan fingerprint density at radius 2 is 1.97 bits per heavy atom. The summed E-state index contributed by atoms with van der Waals surface area (Å²) in [6, 6.07) is 14.8. The van der Waals surface area contributed by atoms with Gasteiger partial charge in [0.15, 0.2) is 0 Å². The minimum atomic E-state index is -0.0629. The van der Waals surface area contributed by atoms with E-state index in [1.807, 2.05) is 18.2 Å². The number of hydrogen-bond donors (Lipinski definition) is 2. The molecule has 2 aromatic heterocycles. The molecule has 1 saturated heterocycles. The van der Waals surface area contributed by atoms with E-state index in [-0.39, 0.29) is 11.9 Å². The van der Waals surface area contributed by atoms with E-state index in [0.717, 1.165) is 67.6 Å². The molecule has 1 aliphatic heterocycles. The number of carbonyl (C=O) groups excluding carboxylic acids is 1. The summed E-state index contributed by atoms with van der Waals surface area (Å²) in [5.74, 6) is -0.0629. The summed E-state index contributed by atoms with van der Waals surface area (Å²) in [5, 5.41) is 4.10. The summed E-state index contributed by atoms with van der Waals surface area (Å²) in [6.45, 7) is 5.13. The van der Waals surface area contributed by atoms with Crippen molar-refractivity contribution in [3.05, 3.63) is 58.6 Å². The van der Waals surface area contributed by atoms with Crippen LogP contribution in [0.2, 0.25) is 0 Å². The Balaban J connectivity index is 1.36. The molecule has 1 aromatic carbocycles. The number of nitrogen functional groups attached to an aromatic ring is 1. The number of anilines is 1. The van der Waals surface area contributed by atoms with Gasteiger partial charge in [0.1, 0.15) is 9.71 Å². The maximum Gasteiger partial charge on any atom is 0.263 e. The van der Waals surface area contributed by atoms with E-state index >= 15 is 0 Å². The predicted molar refractivity (Wildman–Crippen MR) is 125 cm³/mol. The lowest BCUT2D eigenvalue weighted by Gasteiger charge is -2.32. The number of carbonyl (C=O) groups is 1. The summed E-state index contributed by atoms with van der Waals surface area (Å²) in [4.78, 5) is 21.5. The van der Waals surface area contributed by atoms with Crippen LogP contribution in [0.3, 0.4) is 0 Å². The molecule has 0 aliphatic carbocycles. The molecule has 30 heavy (non-hydrogen) atoms. The van der Waals surface area contributed by atoms with E-state index in [1.54, 1.807) is 0 Å². The highest BCUT2D eigenvalue weighted by Gasteiger charge is 2.24. The van der Waals surface area contributed by atoms with Crippen molar-refractivity contribution in [3.63, 3.8) is 0 Å². The normalized spacial score (nSPS) is 15.5. The van der Waals surface area contributed by atoms with Crippen molar-refractivity contribution in [1.82, 2.24) is 15.2 Å². The molecule has 1 amide bonds. The lowest BCUT2D eigenvalue weighted by atomic mass is 10.0. The molecule has 6 heteroatoms. The number of piperidine rings is 1. The minimum absolute atomic E-state index is 0.0629. The monoisotopic (exact) mass is 422 g/mol. The molecule has 3 heterocycles. The first kappa shape index (κ1) is 20.8. The molecule has 0 spiro atoms. The standard InChI is InChI=1S/C24H30N4OS/c1-2-3-9-18-10-11-20-21(25)22(30-24(20)27-18)23(29)26-19-12-14-28(15-13-19)16-17-7-5-4-6-8-17/h4-8,10-11,19H,2-3,9,12-16,25H2,1H3,(H,26,29). The topological polar surface area (TPSA) is 71.2 Å². The van der Waals surface area contributed by atoms with Crippen molar-refractivity contribution in [1.29, 1.82) is 0 Å². The van der Waals surface area contributed by atoms with E-state index in [0.29, 0.717) is 10.6 Å². The fourth-order valence-corrected chi connectivity index (χ4v) is 5.04. The van der Waals surface area contributed by atoms with Gasteiger partial charge in [0.25, 0.3) is 5.91 Å². The van der Waals surface area contributed by atoms with Crippen LogP contribution in [0.1, 0.15) is 53.5 Å². The number of amides is 1. The molecule has 0 saturated carbocycles. The van der Waals surface area contributed by atoms with E-state index in [9.17, 15) is 4.79 Å². The van der Waals surface area contributed by atoms with Crippen LogP contribution in [0.15, 0.2) is 42.5 Å².